The van der Waals surface area contributed by atoms with Gasteiger partial charge in [-0.15, -0.1) is 0 Å². The summed E-state index contributed by atoms with van der Waals surface area (Å²) >= 11 is 0. The van der Waals surface area contributed by atoms with Crippen LogP contribution in [0.4, 0.5) is 5.69 Å². The number of esters is 1. The molecule has 0 aliphatic heterocycles. The maximum absolute atomic E-state index is 12.4. The topological polar surface area (TPSA) is 124 Å². The Kier molecular flexibility index (Phi) is 8.63. The van der Waals surface area contributed by atoms with E-state index in [4.69, 9.17) is 14.2 Å². The minimum Gasteiger partial charge on any atom is -0.497 e. The molecule has 0 atom stereocenters. The van der Waals surface area contributed by atoms with Crippen LogP contribution in [-0.4, -0.2) is 53.5 Å². The van der Waals surface area contributed by atoms with Crippen LogP contribution in [0.2, 0.25) is 0 Å². The summed E-state index contributed by atoms with van der Waals surface area (Å²) < 4.78 is 41.4. The summed E-state index contributed by atoms with van der Waals surface area (Å²) in [5, 5.41) is 3.87. The lowest BCUT2D eigenvalue weighted by Gasteiger charge is -2.23. The van der Waals surface area contributed by atoms with E-state index in [1.54, 1.807) is 60.7 Å². The van der Waals surface area contributed by atoms with Gasteiger partial charge in [-0.3, -0.25) is 9.10 Å². The third-order valence-electron chi connectivity index (χ3n) is 4.85. The van der Waals surface area contributed by atoms with Gasteiger partial charge >= 0.3 is 5.97 Å². The Balaban J connectivity index is 1.62. The van der Waals surface area contributed by atoms with Crippen LogP contribution in [0.15, 0.2) is 77.9 Å². The van der Waals surface area contributed by atoms with Gasteiger partial charge in [0.1, 0.15) is 23.8 Å². The summed E-state index contributed by atoms with van der Waals surface area (Å²) in [6.45, 7) is -0.521. The second kappa shape index (κ2) is 11.8. The Bertz CT molecular complexity index is 1340. The molecule has 3 aromatic rings. The number of rotatable bonds is 10. The summed E-state index contributed by atoms with van der Waals surface area (Å²) in [6, 6.07) is 19.6. The Hall–Kier alpha value is -4.38. The zero-order valence-electron chi connectivity index (χ0n) is 19.9. The molecule has 0 heterocycles. The fourth-order valence-electron chi connectivity index (χ4n) is 3.08. The van der Waals surface area contributed by atoms with E-state index < -0.39 is 28.4 Å². The summed E-state index contributed by atoms with van der Waals surface area (Å²) in [6.07, 6.45) is 2.36. The molecule has 0 bridgehead atoms. The van der Waals surface area contributed by atoms with E-state index in [0.29, 0.717) is 22.6 Å². The number of ether oxygens (including phenoxy) is 3. The van der Waals surface area contributed by atoms with Crippen LogP contribution in [0.5, 0.6) is 17.2 Å². The normalized spacial score (nSPS) is 11.1. The molecule has 0 radical (unpaired) electrons. The van der Waals surface area contributed by atoms with E-state index in [0.717, 1.165) is 10.6 Å². The molecule has 0 fully saturated rings. The maximum Gasteiger partial charge on any atom is 0.343 e. The SMILES string of the molecule is COc1ccc(N(CC(=O)N/N=C\c2ccc(OC(=O)c3ccccc3)cc2)S(C)(=O)=O)c(OC)c1. The first-order chi connectivity index (χ1) is 17.2. The van der Waals surface area contributed by atoms with Gasteiger partial charge in [0, 0.05) is 6.07 Å². The number of hydrogen-bond donors (Lipinski definition) is 1. The van der Waals surface area contributed by atoms with E-state index in [1.807, 2.05) is 0 Å². The Morgan fingerprint density at radius 3 is 2.22 bits per heavy atom. The highest BCUT2D eigenvalue weighted by Crippen LogP contribution is 2.33. The van der Waals surface area contributed by atoms with Gasteiger partial charge in [-0.25, -0.2) is 18.6 Å². The summed E-state index contributed by atoms with van der Waals surface area (Å²) in [5.41, 5.74) is 3.54. The fraction of sp³-hybridized carbons (Fsp3) is 0.160. The molecule has 188 valence electrons. The number of carbonyl (C=O) groups excluding carboxylic acids is 2. The fourth-order valence-corrected chi connectivity index (χ4v) is 3.94. The molecule has 1 amide bonds. The van der Waals surface area contributed by atoms with Gasteiger partial charge in [0.15, 0.2) is 0 Å². The van der Waals surface area contributed by atoms with Crippen LogP contribution < -0.4 is 23.9 Å². The number of amides is 1. The lowest BCUT2D eigenvalue weighted by atomic mass is 10.2. The minimum atomic E-state index is -3.82. The first-order valence-corrected chi connectivity index (χ1v) is 12.4. The van der Waals surface area contributed by atoms with Crippen molar-refractivity contribution in [3.63, 3.8) is 0 Å². The van der Waals surface area contributed by atoms with Crippen molar-refractivity contribution in [3.05, 3.63) is 83.9 Å². The average molecular weight is 512 g/mol. The highest BCUT2D eigenvalue weighted by Gasteiger charge is 2.24. The number of nitrogens with one attached hydrogen (secondary N) is 1. The van der Waals surface area contributed by atoms with Gasteiger partial charge in [-0.2, -0.15) is 5.10 Å². The van der Waals surface area contributed by atoms with Crippen molar-refractivity contribution in [1.82, 2.24) is 5.43 Å². The molecule has 1 N–H and O–H groups in total. The molecule has 3 rings (SSSR count). The smallest absolute Gasteiger partial charge is 0.343 e. The number of benzene rings is 3. The van der Waals surface area contributed by atoms with E-state index in [9.17, 15) is 18.0 Å². The van der Waals surface area contributed by atoms with Gasteiger partial charge in [-0.1, -0.05) is 18.2 Å². The Labute approximate surface area is 209 Å². The van der Waals surface area contributed by atoms with E-state index in [-0.39, 0.29) is 11.4 Å². The molecule has 0 aliphatic carbocycles. The van der Waals surface area contributed by atoms with Crippen molar-refractivity contribution in [2.75, 3.05) is 31.3 Å². The molecule has 0 saturated heterocycles. The molecule has 11 heteroatoms. The number of hydrazone groups is 1. The zero-order valence-corrected chi connectivity index (χ0v) is 20.7. The van der Waals surface area contributed by atoms with Crippen molar-refractivity contribution >= 4 is 33.8 Å². The Morgan fingerprint density at radius 2 is 1.61 bits per heavy atom. The molecule has 10 nitrogen and oxygen atoms in total. The van der Waals surface area contributed by atoms with Gasteiger partial charge in [0.2, 0.25) is 10.0 Å². The van der Waals surface area contributed by atoms with Crippen molar-refractivity contribution in [1.29, 1.82) is 0 Å². The van der Waals surface area contributed by atoms with E-state index in [2.05, 4.69) is 10.5 Å². The first kappa shape index (κ1) is 26.2. The number of sulfonamides is 1. The first-order valence-electron chi connectivity index (χ1n) is 10.6. The van der Waals surface area contributed by atoms with Gasteiger partial charge in [0.25, 0.3) is 5.91 Å². The zero-order chi connectivity index (χ0) is 26.1. The predicted octanol–water partition coefficient (Wildman–Crippen LogP) is 2.84. The van der Waals surface area contributed by atoms with Crippen LogP contribution in [0, 0.1) is 0 Å². The van der Waals surface area contributed by atoms with Crippen molar-refractivity contribution in [2.45, 2.75) is 0 Å². The number of anilines is 1. The minimum absolute atomic E-state index is 0.181. The van der Waals surface area contributed by atoms with Crippen LogP contribution in [0.1, 0.15) is 15.9 Å². The number of carbonyl (C=O) groups is 2. The molecule has 0 saturated carbocycles. The number of nitrogens with zero attached hydrogens (tertiary/aromatic N) is 2. The van der Waals surface area contributed by atoms with Gasteiger partial charge < -0.3 is 14.2 Å². The van der Waals surface area contributed by atoms with Crippen molar-refractivity contribution in [3.8, 4) is 17.2 Å². The molecule has 0 aliphatic rings. The molecule has 3 aromatic carbocycles. The average Bonchev–Trinajstić information content (AvgIpc) is 2.88. The van der Waals surface area contributed by atoms with Crippen LogP contribution in [-0.2, 0) is 14.8 Å². The lowest BCUT2D eigenvalue weighted by molar-refractivity contribution is -0.119. The second-order valence-electron chi connectivity index (χ2n) is 7.43. The molecule has 0 spiro atoms. The third kappa shape index (κ3) is 7.06. The molecule has 36 heavy (non-hydrogen) atoms. The predicted molar refractivity (Wildman–Crippen MR) is 135 cm³/mol. The van der Waals surface area contributed by atoms with Crippen molar-refractivity contribution < 1.29 is 32.2 Å². The quantitative estimate of drug-likeness (QED) is 0.192. The van der Waals surface area contributed by atoms with Crippen LogP contribution in [0.3, 0.4) is 0 Å². The van der Waals surface area contributed by atoms with Crippen molar-refractivity contribution in [2.24, 2.45) is 5.10 Å². The molecule has 0 unspecified atom stereocenters. The van der Waals surface area contributed by atoms with Crippen LogP contribution >= 0.6 is 0 Å². The summed E-state index contributed by atoms with van der Waals surface area (Å²) in [5.74, 6) is -0.0958. The highest BCUT2D eigenvalue weighted by molar-refractivity contribution is 7.92. The largest absolute Gasteiger partial charge is 0.497 e. The lowest BCUT2D eigenvalue weighted by Crippen LogP contribution is -2.39. The second-order valence-corrected chi connectivity index (χ2v) is 9.33. The van der Waals surface area contributed by atoms with Gasteiger partial charge in [-0.05, 0) is 54.1 Å². The van der Waals surface area contributed by atoms with E-state index in [1.165, 1.54) is 32.6 Å². The number of hydrogen-bond acceptors (Lipinski definition) is 8. The highest BCUT2D eigenvalue weighted by atomic mass is 32.2. The molecular formula is C25H25N3O7S. The maximum atomic E-state index is 12.4. The third-order valence-corrected chi connectivity index (χ3v) is 5.97. The Morgan fingerprint density at radius 1 is 0.944 bits per heavy atom. The van der Waals surface area contributed by atoms with E-state index >= 15 is 0 Å². The molecule has 0 aromatic heterocycles. The van der Waals surface area contributed by atoms with Gasteiger partial charge in [0.05, 0.1) is 37.9 Å². The standard InChI is InChI=1S/C25H25N3O7S/c1-33-21-13-14-22(23(15-21)34-2)28(36(3,31)32)17-24(29)27-26-16-18-9-11-20(12-10-18)35-25(30)19-7-5-4-6-8-19/h4-16H,17H2,1-3H3,(H,27,29)/b26-16-. The van der Waals surface area contributed by atoms with Crippen LogP contribution in [0.25, 0.3) is 0 Å². The monoisotopic (exact) mass is 511 g/mol. The summed E-state index contributed by atoms with van der Waals surface area (Å²) in [7, 11) is -0.962. The molecular weight excluding hydrogens is 486 g/mol. The summed E-state index contributed by atoms with van der Waals surface area (Å²) in [4.78, 5) is 24.6. The number of methoxy groups -OCH3 is 2.